The highest BCUT2D eigenvalue weighted by atomic mass is 79.9. The maximum absolute atomic E-state index is 12.6. The largest absolute Gasteiger partial charge is 0.493 e. The summed E-state index contributed by atoms with van der Waals surface area (Å²) in [4.78, 5) is 25.1. The van der Waals surface area contributed by atoms with Crippen molar-refractivity contribution in [2.45, 2.75) is 12.3 Å². The minimum absolute atomic E-state index is 0.0347. The van der Waals surface area contributed by atoms with E-state index in [1.54, 1.807) is 30.3 Å². The summed E-state index contributed by atoms with van der Waals surface area (Å²) in [7, 11) is 1.53. The Labute approximate surface area is 199 Å². The molecule has 0 aromatic heterocycles. The van der Waals surface area contributed by atoms with Crippen molar-refractivity contribution in [1.29, 1.82) is 0 Å². The van der Waals surface area contributed by atoms with Crippen LogP contribution in [0.4, 0.5) is 5.69 Å². The van der Waals surface area contributed by atoms with Gasteiger partial charge in [0.1, 0.15) is 0 Å². The van der Waals surface area contributed by atoms with E-state index in [1.807, 2.05) is 36.4 Å². The molecule has 5 nitrogen and oxygen atoms in total. The van der Waals surface area contributed by atoms with Crippen molar-refractivity contribution in [1.82, 2.24) is 0 Å². The number of esters is 1. The second kappa shape index (κ2) is 8.71. The van der Waals surface area contributed by atoms with Crippen molar-refractivity contribution in [2.24, 2.45) is 0 Å². The van der Waals surface area contributed by atoms with Crippen LogP contribution >= 0.6 is 15.9 Å². The Morgan fingerprint density at radius 3 is 2.55 bits per heavy atom. The number of ether oxygens (including phenoxy) is 2. The highest BCUT2D eigenvalue weighted by Crippen LogP contribution is 2.43. The molecule has 1 atom stereocenters. The molecule has 5 rings (SSSR count). The molecule has 1 N–H and O–H groups in total. The fourth-order valence-corrected chi connectivity index (χ4v) is 4.55. The Balaban J connectivity index is 1.52. The molecule has 1 amide bonds. The molecular formula is C27H20BrNO4. The zero-order valence-electron chi connectivity index (χ0n) is 17.8. The van der Waals surface area contributed by atoms with Gasteiger partial charge in [-0.05, 0) is 64.4 Å². The minimum Gasteiger partial charge on any atom is -0.493 e. The molecule has 0 unspecified atom stereocenters. The number of rotatable bonds is 4. The number of hydrogen-bond donors (Lipinski definition) is 1. The molecule has 0 saturated heterocycles. The number of carbonyl (C=O) groups excluding carboxylic acids is 2. The van der Waals surface area contributed by atoms with Crippen molar-refractivity contribution < 1.29 is 19.1 Å². The quantitative estimate of drug-likeness (QED) is 0.263. The van der Waals surface area contributed by atoms with Crippen LogP contribution in [0.2, 0.25) is 0 Å². The van der Waals surface area contributed by atoms with E-state index in [9.17, 15) is 9.59 Å². The van der Waals surface area contributed by atoms with Gasteiger partial charge >= 0.3 is 5.97 Å². The van der Waals surface area contributed by atoms with Crippen LogP contribution < -0.4 is 14.8 Å². The molecular weight excluding hydrogens is 482 g/mol. The summed E-state index contributed by atoms with van der Waals surface area (Å²) >= 11 is 3.36. The second-order valence-corrected chi connectivity index (χ2v) is 8.78. The number of amides is 1. The molecule has 1 heterocycles. The van der Waals surface area contributed by atoms with E-state index in [2.05, 4.69) is 33.4 Å². The van der Waals surface area contributed by atoms with Crippen molar-refractivity contribution >= 4 is 44.3 Å². The Kier molecular flexibility index (Phi) is 5.60. The van der Waals surface area contributed by atoms with Gasteiger partial charge in [0.05, 0.1) is 12.7 Å². The van der Waals surface area contributed by atoms with Crippen molar-refractivity contribution in [3.05, 3.63) is 100 Å². The van der Waals surface area contributed by atoms with Crippen LogP contribution in [0, 0.1) is 0 Å². The third-order valence-electron chi connectivity index (χ3n) is 5.86. The predicted molar refractivity (Wildman–Crippen MR) is 131 cm³/mol. The lowest BCUT2D eigenvalue weighted by molar-refractivity contribution is -0.116. The number of carbonyl (C=O) groups is 2. The maximum atomic E-state index is 12.6. The summed E-state index contributed by atoms with van der Waals surface area (Å²) in [6.07, 6.45) is 0.322. The van der Waals surface area contributed by atoms with Gasteiger partial charge in [0.15, 0.2) is 11.5 Å². The molecule has 0 fully saturated rings. The van der Waals surface area contributed by atoms with Gasteiger partial charge in [-0.3, -0.25) is 4.79 Å². The first kappa shape index (κ1) is 21.2. The smallest absolute Gasteiger partial charge is 0.343 e. The van der Waals surface area contributed by atoms with E-state index >= 15 is 0 Å². The van der Waals surface area contributed by atoms with Crippen molar-refractivity contribution in [3.63, 3.8) is 0 Å². The molecule has 1 aliphatic heterocycles. The van der Waals surface area contributed by atoms with Gasteiger partial charge in [0.2, 0.25) is 5.91 Å². The highest BCUT2D eigenvalue weighted by molar-refractivity contribution is 9.10. The number of methoxy groups -OCH3 is 1. The molecule has 0 radical (unpaired) electrons. The average Bonchev–Trinajstić information content (AvgIpc) is 2.83. The van der Waals surface area contributed by atoms with Crippen LogP contribution in [0.1, 0.15) is 33.8 Å². The van der Waals surface area contributed by atoms with E-state index in [1.165, 1.54) is 7.11 Å². The topological polar surface area (TPSA) is 64.6 Å². The van der Waals surface area contributed by atoms with Crippen LogP contribution in [0.25, 0.3) is 10.8 Å². The molecule has 33 heavy (non-hydrogen) atoms. The molecule has 0 bridgehead atoms. The van der Waals surface area contributed by atoms with Crippen LogP contribution in [0.5, 0.6) is 11.5 Å². The summed E-state index contributed by atoms with van der Waals surface area (Å²) in [5, 5.41) is 5.21. The zero-order chi connectivity index (χ0) is 22.9. The van der Waals surface area contributed by atoms with Gasteiger partial charge in [0.25, 0.3) is 0 Å². The lowest BCUT2D eigenvalue weighted by Crippen LogP contribution is -2.23. The first-order valence-corrected chi connectivity index (χ1v) is 11.3. The summed E-state index contributed by atoms with van der Waals surface area (Å²) in [6.45, 7) is 0. The van der Waals surface area contributed by atoms with E-state index in [4.69, 9.17) is 9.47 Å². The van der Waals surface area contributed by atoms with Crippen LogP contribution in [0.3, 0.4) is 0 Å². The number of nitrogens with one attached hydrogen (secondary N) is 1. The van der Waals surface area contributed by atoms with Gasteiger partial charge in [-0.15, -0.1) is 0 Å². The first-order valence-electron chi connectivity index (χ1n) is 10.5. The standard InChI is InChI=1S/C27H20BrNO4/c1-32-24-14-18(9-13-23(24)33-27(31)17-6-10-19(28)11-7-17)21-15-25(30)29-22-12-8-16-4-2-3-5-20(16)26(21)22/h2-14,21H,15H2,1H3,(H,29,30)/t21-/m0/s1. The molecule has 0 aliphatic carbocycles. The zero-order valence-corrected chi connectivity index (χ0v) is 19.4. The van der Waals surface area contributed by atoms with E-state index in [0.29, 0.717) is 23.5 Å². The summed E-state index contributed by atoms with van der Waals surface area (Å²) in [5.41, 5.74) is 3.26. The van der Waals surface area contributed by atoms with E-state index in [0.717, 1.165) is 32.1 Å². The molecule has 1 aliphatic rings. The minimum atomic E-state index is -0.470. The third kappa shape index (κ3) is 4.10. The molecule has 0 spiro atoms. The summed E-state index contributed by atoms with van der Waals surface area (Å²) in [5.74, 6) is 0.109. The Morgan fingerprint density at radius 1 is 0.970 bits per heavy atom. The van der Waals surface area contributed by atoms with Crippen molar-refractivity contribution in [3.8, 4) is 11.5 Å². The van der Waals surface area contributed by atoms with Crippen LogP contribution in [-0.4, -0.2) is 19.0 Å². The maximum Gasteiger partial charge on any atom is 0.343 e. The number of halogens is 1. The first-order chi connectivity index (χ1) is 16.0. The second-order valence-electron chi connectivity index (χ2n) is 7.86. The Bertz CT molecular complexity index is 1380. The summed E-state index contributed by atoms with van der Waals surface area (Å²) < 4.78 is 12.0. The number of fused-ring (bicyclic) bond motifs is 3. The van der Waals surface area contributed by atoms with Gasteiger partial charge in [-0.25, -0.2) is 4.79 Å². The van der Waals surface area contributed by atoms with Crippen molar-refractivity contribution in [2.75, 3.05) is 12.4 Å². The molecule has 4 aromatic rings. The fraction of sp³-hybridized carbons (Fsp3) is 0.111. The normalized spacial score (nSPS) is 15.0. The van der Waals surface area contributed by atoms with Gasteiger partial charge in [0, 0.05) is 22.5 Å². The average molecular weight is 502 g/mol. The Morgan fingerprint density at radius 2 is 1.76 bits per heavy atom. The van der Waals surface area contributed by atoms with Crippen LogP contribution in [-0.2, 0) is 4.79 Å². The van der Waals surface area contributed by atoms with E-state index in [-0.39, 0.29) is 11.8 Å². The fourth-order valence-electron chi connectivity index (χ4n) is 4.28. The Hall–Kier alpha value is -3.64. The number of anilines is 1. The van der Waals surface area contributed by atoms with Gasteiger partial charge < -0.3 is 14.8 Å². The third-order valence-corrected chi connectivity index (χ3v) is 6.38. The van der Waals surface area contributed by atoms with Gasteiger partial charge in [-0.2, -0.15) is 0 Å². The lowest BCUT2D eigenvalue weighted by atomic mass is 9.82. The summed E-state index contributed by atoms with van der Waals surface area (Å²) in [6, 6.07) is 24.5. The number of hydrogen-bond acceptors (Lipinski definition) is 4. The van der Waals surface area contributed by atoms with Crippen LogP contribution in [0.15, 0.2) is 83.3 Å². The SMILES string of the molecule is COc1cc([C@@H]2CC(=O)Nc3ccc4ccccc4c32)ccc1OC(=O)c1ccc(Br)cc1. The molecule has 164 valence electrons. The number of benzene rings is 4. The monoisotopic (exact) mass is 501 g/mol. The molecule has 6 heteroatoms. The predicted octanol–water partition coefficient (Wildman–Crippen LogP) is 6.30. The molecule has 0 saturated carbocycles. The highest BCUT2D eigenvalue weighted by Gasteiger charge is 2.29. The lowest BCUT2D eigenvalue weighted by Gasteiger charge is -2.28. The van der Waals surface area contributed by atoms with E-state index < -0.39 is 5.97 Å². The molecule has 4 aromatic carbocycles. The van der Waals surface area contributed by atoms with Gasteiger partial charge in [-0.1, -0.05) is 52.3 Å².